The van der Waals surface area contributed by atoms with Crippen molar-refractivity contribution in [1.82, 2.24) is 14.8 Å². The van der Waals surface area contributed by atoms with Crippen molar-refractivity contribution in [3.05, 3.63) is 66.0 Å². The fourth-order valence-corrected chi connectivity index (χ4v) is 3.85. The Bertz CT molecular complexity index is 955. The number of nitrogens with zero attached hydrogens (tertiary/aromatic N) is 3. The Labute approximate surface area is 182 Å². The number of aromatic nitrogens is 3. The monoisotopic (exact) mass is 424 g/mol. The molecule has 1 N–H and O–H groups in total. The second-order valence-corrected chi connectivity index (χ2v) is 8.21. The Morgan fingerprint density at radius 1 is 1.07 bits per heavy atom. The Kier molecular flexibility index (Phi) is 7.52. The number of amides is 1. The smallest absolute Gasteiger partial charge is 0.234 e. The maximum Gasteiger partial charge on any atom is 0.234 e. The molecule has 0 radical (unpaired) electrons. The summed E-state index contributed by atoms with van der Waals surface area (Å²) < 4.78 is 7.96. The van der Waals surface area contributed by atoms with E-state index >= 15 is 0 Å². The summed E-state index contributed by atoms with van der Waals surface area (Å²) >= 11 is 1.37. The van der Waals surface area contributed by atoms with Crippen LogP contribution < -0.4 is 10.1 Å². The number of rotatable bonds is 9. The summed E-state index contributed by atoms with van der Waals surface area (Å²) in [5.41, 5.74) is 2.05. The summed E-state index contributed by atoms with van der Waals surface area (Å²) in [7, 11) is 0. The highest BCUT2D eigenvalue weighted by Gasteiger charge is 2.19. The molecule has 6 nitrogen and oxygen atoms in total. The number of para-hydroxylation sites is 1. The minimum absolute atomic E-state index is 0.0712. The zero-order valence-corrected chi connectivity index (χ0v) is 18.6. The maximum atomic E-state index is 12.4. The van der Waals surface area contributed by atoms with Crippen molar-refractivity contribution < 1.29 is 9.53 Å². The number of nitrogens with one attached hydrogen (secondary N) is 1. The van der Waals surface area contributed by atoms with Crippen molar-refractivity contribution in [1.29, 1.82) is 0 Å². The lowest BCUT2D eigenvalue weighted by Crippen LogP contribution is -2.15. The van der Waals surface area contributed by atoms with Crippen molar-refractivity contribution in [2.24, 2.45) is 0 Å². The lowest BCUT2D eigenvalue weighted by atomic mass is 10.0. The van der Waals surface area contributed by atoms with Crippen molar-refractivity contribution >= 4 is 23.4 Å². The molecule has 1 amide bonds. The fourth-order valence-electron chi connectivity index (χ4n) is 3.04. The molecular weight excluding hydrogens is 396 g/mol. The summed E-state index contributed by atoms with van der Waals surface area (Å²) in [5.74, 6) is 2.19. The molecule has 0 saturated heterocycles. The molecule has 1 aromatic heterocycles. The first kappa shape index (κ1) is 21.9. The third kappa shape index (κ3) is 5.63. The van der Waals surface area contributed by atoms with Gasteiger partial charge in [0.1, 0.15) is 5.75 Å². The van der Waals surface area contributed by atoms with E-state index in [1.165, 1.54) is 17.3 Å². The minimum atomic E-state index is -0.248. The molecule has 0 fully saturated rings. The van der Waals surface area contributed by atoms with E-state index in [1.807, 2.05) is 73.0 Å². The van der Waals surface area contributed by atoms with Crippen molar-refractivity contribution in [2.75, 3.05) is 11.1 Å². The molecule has 0 aliphatic heterocycles. The third-order valence-electron chi connectivity index (χ3n) is 4.67. The zero-order valence-electron chi connectivity index (χ0n) is 17.8. The van der Waals surface area contributed by atoms with Gasteiger partial charge in [0.15, 0.2) is 17.1 Å². The van der Waals surface area contributed by atoms with Crippen LogP contribution >= 0.6 is 11.8 Å². The molecule has 0 aliphatic carbocycles. The van der Waals surface area contributed by atoms with Gasteiger partial charge in [0, 0.05) is 12.2 Å². The molecule has 1 heterocycles. The molecule has 30 heavy (non-hydrogen) atoms. The standard InChI is InChI=1S/C23H28N4O2S/c1-5-27-22(17(4)29-20-9-7-6-8-10-20)25-26-23(27)30-15-21(28)24-19-13-11-18(12-14-19)16(2)3/h6-14,16-17H,5,15H2,1-4H3,(H,24,28). The highest BCUT2D eigenvalue weighted by atomic mass is 32.2. The number of hydrogen-bond acceptors (Lipinski definition) is 5. The van der Waals surface area contributed by atoms with E-state index in [9.17, 15) is 4.79 Å². The maximum absolute atomic E-state index is 12.4. The predicted octanol–water partition coefficient (Wildman–Crippen LogP) is 5.29. The van der Waals surface area contributed by atoms with Gasteiger partial charge < -0.3 is 14.6 Å². The van der Waals surface area contributed by atoms with Crippen LogP contribution in [0.3, 0.4) is 0 Å². The normalized spacial score (nSPS) is 12.0. The highest BCUT2D eigenvalue weighted by Crippen LogP contribution is 2.25. The molecule has 7 heteroatoms. The summed E-state index contributed by atoms with van der Waals surface area (Å²) in [6.07, 6.45) is -0.248. The lowest BCUT2D eigenvalue weighted by Gasteiger charge is -2.15. The lowest BCUT2D eigenvalue weighted by molar-refractivity contribution is -0.113. The SMILES string of the molecule is CCn1c(SCC(=O)Nc2ccc(C(C)C)cc2)nnc1C(C)Oc1ccccc1. The first-order valence-corrected chi connectivity index (χ1v) is 11.1. The zero-order chi connectivity index (χ0) is 21.5. The topological polar surface area (TPSA) is 69.0 Å². The number of carbonyl (C=O) groups is 1. The molecule has 2 aromatic carbocycles. The van der Waals surface area contributed by atoms with E-state index in [0.29, 0.717) is 17.6 Å². The molecule has 3 aromatic rings. The van der Waals surface area contributed by atoms with Gasteiger partial charge in [-0.3, -0.25) is 4.79 Å². The number of benzene rings is 2. The van der Waals surface area contributed by atoms with Gasteiger partial charge in [-0.25, -0.2) is 0 Å². The van der Waals surface area contributed by atoms with Crippen LogP contribution in [0.25, 0.3) is 0 Å². The molecule has 3 rings (SSSR count). The summed E-state index contributed by atoms with van der Waals surface area (Å²) in [6.45, 7) is 8.97. The third-order valence-corrected chi connectivity index (χ3v) is 5.64. The molecule has 0 spiro atoms. The van der Waals surface area contributed by atoms with Gasteiger partial charge in [-0.15, -0.1) is 10.2 Å². The average molecular weight is 425 g/mol. The van der Waals surface area contributed by atoms with Gasteiger partial charge >= 0.3 is 0 Å². The molecule has 0 aliphatic rings. The Morgan fingerprint density at radius 2 is 1.77 bits per heavy atom. The average Bonchev–Trinajstić information content (AvgIpc) is 3.16. The van der Waals surface area contributed by atoms with Crippen LogP contribution in [-0.4, -0.2) is 26.4 Å². The van der Waals surface area contributed by atoms with Crippen LogP contribution in [0.2, 0.25) is 0 Å². The minimum Gasteiger partial charge on any atom is -0.483 e. The van der Waals surface area contributed by atoms with Crippen molar-refractivity contribution in [2.45, 2.75) is 51.4 Å². The Balaban J connectivity index is 1.59. The number of thioether (sulfide) groups is 1. The van der Waals surface area contributed by atoms with Crippen LogP contribution in [-0.2, 0) is 11.3 Å². The predicted molar refractivity (Wildman–Crippen MR) is 121 cm³/mol. The second kappa shape index (κ2) is 10.3. The molecule has 0 bridgehead atoms. The van der Waals surface area contributed by atoms with Gasteiger partial charge in [0.05, 0.1) is 5.75 Å². The van der Waals surface area contributed by atoms with Gasteiger partial charge in [0.25, 0.3) is 0 Å². The van der Waals surface area contributed by atoms with E-state index in [1.54, 1.807) is 0 Å². The van der Waals surface area contributed by atoms with E-state index in [-0.39, 0.29) is 17.8 Å². The number of hydrogen-bond donors (Lipinski definition) is 1. The first-order chi connectivity index (χ1) is 14.5. The van der Waals surface area contributed by atoms with Gasteiger partial charge in [-0.05, 0) is 49.6 Å². The largest absolute Gasteiger partial charge is 0.483 e. The molecular formula is C23H28N4O2S. The molecule has 1 atom stereocenters. The fraction of sp³-hybridized carbons (Fsp3) is 0.348. The van der Waals surface area contributed by atoms with Gasteiger partial charge in [-0.1, -0.05) is 55.9 Å². The van der Waals surface area contributed by atoms with E-state index in [0.717, 1.165) is 17.3 Å². The van der Waals surface area contributed by atoms with E-state index < -0.39 is 0 Å². The van der Waals surface area contributed by atoms with Gasteiger partial charge in [0.2, 0.25) is 5.91 Å². The molecule has 158 valence electrons. The van der Waals surface area contributed by atoms with Crippen molar-refractivity contribution in [3.8, 4) is 5.75 Å². The first-order valence-electron chi connectivity index (χ1n) is 10.1. The molecule has 1 unspecified atom stereocenters. The van der Waals surface area contributed by atoms with Crippen LogP contribution in [0.5, 0.6) is 5.75 Å². The van der Waals surface area contributed by atoms with E-state index in [2.05, 4.69) is 29.4 Å². The second-order valence-electron chi connectivity index (χ2n) is 7.27. The summed E-state index contributed by atoms with van der Waals surface area (Å²) in [4.78, 5) is 12.4. The molecule has 0 saturated carbocycles. The Morgan fingerprint density at radius 3 is 2.40 bits per heavy atom. The van der Waals surface area contributed by atoms with E-state index in [4.69, 9.17) is 4.74 Å². The quantitative estimate of drug-likeness (QED) is 0.473. The van der Waals surface area contributed by atoms with Crippen LogP contribution in [0, 0.1) is 0 Å². The van der Waals surface area contributed by atoms with Crippen LogP contribution in [0.15, 0.2) is 59.8 Å². The van der Waals surface area contributed by atoms with Crippen molar-refractivity contribution in [3.63, 3.8) is 0 Å². The number of carbonyl (C=O) groups excluding carboxylic acids is 1. The summed E-state index contributed by atoms with van der Waals surface area (Å²) in [6, 6.07) is 17.6. The number of ether oxygens (including phenoxy) is 1. The summed E-state index contributed by atoms with van der Waals surface area (Å²) in [5, 5.41) is 12.2. The highest BCUT2D eigenvalue weighted by molar-refractivity contribution is 7.99. The Hall–Kier alpha value is -2.80. The van der Waals surface area contributed by atoms with Crippen LogP contribution in [0.4, 0.5) is 5.69 Å². The van der Waals surface area contributed by atoms with Crippen LogP contribution in [0.1, 0.15) is 51.1 Å². The van der Waals surface area contributed by atoms with Gasteiger partial charge in [-0.2, -0.15) is 0 Å². The number of anilines is 1.